The van der Waals surface area contributed by atoms with Gasteiger partial charge in [0.15, 0.2) is 0 Å². The fourth-order valence-electron chi connectivity index (χ4n) is 3.10. The van der Waals surface area contributed by atoms with E-state index in [0.717, 1.165) is 25.1 Å². The van der Waals surface area contributed by atoms with Gasteiger partial charge in [0.25, 0.3) is 0 Å². The molecule has 0 spiro atoms. The molecule has 0 saturated heterocycles. The molecule has 3 rings (SSSR count). The summed E-state index contributed by atoms with van der Waals surface area (Å²) in [5, 5.41) is 3.62. The van der Waals surface area contributed by atoms with Gasteiger partial charge in [-0.3, -0.25) is 0 Å². The van der Waals surface area contributed by atoms with Crippen LogP contribution < -0.4 is 10.1 Å². The van der Waals surface area contributed by atoms with E-state index in [1.54, 1.807) is 0 Å². The third-order valence-electron chi connectivity index (χ3n) is 4.92. The predicted octanol–water partition coefficient (Wildman–Crippen LogP) is 5.68. The number of hydrogen-bond acceptors (Lipinski definition) is 2. The first-order valence-electron chi connectivity index (χ1n) is 9.74. The molecule has 3 aromatic carbocycles. The van der Waals surface area contributed by atoms with Gasteiger partial charge in [0, 0.05) is 12.6 Å². The highest BCUT2D eigenvalue weighted by Gasteiger charge is 2.04. The van der Waals surface area contributed by atoms with E-state index in [0.29, 0.717) is 12.6 Å². The SMILES string of the molecule is Cc1ccccc1COc1cccc(CNC(C)CCc2ccccc2)c1. The number of rotatable bonds is 9. The Labute approximate surface area is 163 Å². The van der Waals surface area contributed by atoms with E-state index in [-0.39, 0.29) is 0 Å². The Morgan fingerprint density at radius 2 is 1.59 bits per heavy atom. The molecular weight excluding hydrogens is 330 g/mol. The first-order valence-corrected chi connectivity index (χ1v) is 9.74. The maximum Gasteiger partial charge on any atom is 0.120 e. The molecule has 0 saturated carbocycles. The van der Waals surface area contributed by atoms with Crippen molar-refractivity contribution >= 4 is 0 Å². The van der Waals surface area contributed by atoms with Crippen LogP contribution in [-0.4, -0.2) is 6.04 Å². The fraction of sp³-hybridized carbons (Fsp3) is 0.280. The summed E-state index contributed by atoms with van der Waals surface area (Å²) >= 11 is 0. The molecule has 3 aromatic rings. The molecule has 0 aromatic heterocycles. The van der Waals surface area contributed by atoms with Crippen LogP contribution in [-0.2, 0) is 19.6 Å². The summed E-state index contributed by atoms with van der Waals surface area (Å²) in [5.41, 5.74) is 5.15. The summed E-state index contributed by atoms with van der Waals surface area (Å²) in [5.74, 6) is 0.925. The van der Waals surface area contributed by atoms with Gasteiger partial charge in [-0.25, -0.2) is 0 Å². The molecule has 1 unspecified atom stereocenters. The van der Waals surface area contributed by atoms with Gasteiger partial charge in [0.2, 0.25) is 0 Å². The van der Waals surface area contributed by atoms with Crippen molar-refractivity contribution < 1.29 is 4.74 Å². The Balaban J connectivity index is 1.46. The molecule has 0 heterocycles. The van der Waals surface area contributed by atoms with Gasteiger partial charge in [0.1, 0.15) is 12.4 Å². The highest BCUT2D eigenvalue weighted by atomic mass is 16.5. The summed E-state index contributed by atoms with van der Waals surface area (Å²) in [7, 11) is 0. The molecule has 2 heteroatoms. The van der Waals surface area contributed by atoms with Crippen LogP contribution in [0.1, 0.15) is 35.6 Å². The van der Waals surface area contributed by atoms with E-state index < -0.39 is 0 Å². The van der Waals surface area contributed by atoms with Crippen molar-refractivity contribution in [2.75, 3.05) is 0 Å². The van der Waals surface area contributed by atoms with Crippen molar-refractivity contribution in [3.05, 3.63) is 101 Å². The summed E-state index contributed by atoms with van der Waals surface area (Å²) in [6, 6.07) is 27.9. The van der Waals surface area contributed by atoms with Gasteiger partial charge in [-0.1, -0.05) is 66.7 Å². The Morgan fingerprint density at radius 3 is 2.41 bits per heavy atom. The maximum atomic E-state index is 6.00. The van der Waals surface area contributed by atoms with Crippen LogP contribution in [0.4, 0.5) is 0 Å². The second-order valence-corrected chi connectivity index (χ2v) is 7.17. The van der Waals surface area contributed by atoms with E-state index in [1.807, 2.05) is 6.07 Å². The Morgan fingerprint density at radius 1 is 0.852 bits per heavy atom. The van der Waals surface area contributed by atoms with Crippen LogP contribution >= 0.6 is 0 Å². The summed E-state index contributed by atoms with van der Waals surface area (Å²) in [6.45, 7) is 5.84. The summed E-state index contributed by atoms with van der Waals surface area (Å²) in [4.78, 5) is 0. The van der Waals surface area contributed by atoms with E-state index >= 15 is 0 Å². The Bertz CT molecular complexity index is 828. The first-order chi connectivity index (χ1) is 13.2. The molecule has 0 bridgehead atoms. The summed E-state index contributed by atoms with van der Waals surface area (Å²) < 4.78 is 6.00. The second-order valence-electron chi connectivity index (χ2n) is 7.17. The predicted molar refractivity (Wildman–Crippen MR) is 113 cm³/mol. The maximum absolute atomic E-state index is 6.00. The lowest BCUT2D eigenvalue weighted by molar-refractivity contribution is 0.305. The molecule has 2 nitrogen and oxygen atoms in total. The molecule has 1 N–H and O–H groups in total. The van der Waals surface area contributed by atoms with Gasteiger partial charge in [-0.15, -0.1) is 0 Å². The van der Waals surface area contributed by atoms with Crippen molar-refractivity contribution in [2.45, 2.75) is 45.9 Å². The molecule has 0 radical (unpaired) electrons. The molecule has 0 fully saturated rings. The largest absolute Gasteiger partial charge is 0.489 e. The van der Waals surface area contributed by atoms with Crippen LogP contribution in [0.5, 0.6) is 5.75 Å². The zero-order chi connectivity index (χ0) is 18.9. The van der Waals surface area contributed by atoms with Crippen molar-refractivity contribution in [2.24, 2.45) is 0 Å². The van der Waals surface area contributed by atoms with Crippen molar-refractivity contribution in [1.29, 1.82) is 0 Å². The van der Waals surface area contributed by atoms with Crippen molar-refractivity contribution in [3.63, 3.8) is 0 Å². The molecule has 27 heavy (non-hydrogen) atoms. The molecule has 0 aliphatic rings. The van der Waals surface area contributed by atoms with Crippen LogP contribution in [0.3, 0.4) is 0 Å². The lowest BCUT2D eigenvalue weighted by Gasteiger charge is -2.15. The number of nitrogens with one attached hydrogen (secondary N) is 1. The lowest BCUT2D eigenvalue weighted by Crippen LogP contribution is -2.25. The minimum Gasteiger partial charge on any atom is -0.489 e. The molecule has 0 aliphatic heterocycles. The molecule has 0 aliphatic carbocycles. The average Bonchev–Trinajstić information content (AvgIpc) is 2.71. The smallest absolute Gasteiger partial charge is 0.120 e. The number of hydrogen-bond donors (Lipinski definition) is 1. The van der Waals surface area contributed by atoms with Crippen molar-refractivity contribution in [3.8, 4) is 5.75 Å². The minimum absolute atomic E-state index is 0.474. The number of ether oxygens (including phenoxy) is 1. The monoisotopic (exact) mass is 359 g/mol. The van der Waals surface area contributed by atoms with Gasteiger partial charge in [-0.2, -0.15) is 0 Å². The van der Waals surface area contributed by atoms with Crippen LogP contribution in [0.25, 0.3) is 0 Å². The zero-order valence-electron chi connectivity index (χ0n) is 16.3. The van der Waals surface area contributed by atoms with Crippen LogP contribution in [0.15, 0.2) is 78.9 Å². The van der Waals surface area contributed by atoms with Gasteiger partial charge in [0.05, 0.1) is 0 Å². The molecule has 0 amide bonds. The second kappa shape index (κ2) is 9.94. The van der Waals surface area contributed by atoms with E-state index in [1.165, 1.54) is 22.3 Å². The highest BCUT2D eigenvalue weighted by Crippen LogP contribution is 2.17. The summed E-state index contributed by atoms with van der Waals surface area (Å²) in [6.07, 6.45) is 2.24. The molecule has 1 atom stereocenters. The van der Waals surface area contributed by atoms with E-state index in [2.05, 4.69) is 92.0 Å². The van der Waals surface area contributed by atoms with Gasteiger partial charge in [-0.05, 0) is 61.1 Å². The minimum atomic E-state index is 0.474. The third-order valence-corrected chi connectivity index (χ3v) is 4.92. The average molecular weight is 360 g/mol. The van der Waals surface area contributed by atoms with E-state index in [4.69, 9.17) is 4.74 Å². The number of aryl methyl sites for hydroxylation is 2. The topological polar surface area (TPSA) is 21.3 Å². The van der Waals surface area contributed by atoms with Gasteiger partial charge < -0.3 is 10.1 Å². The third kappa shape index (κ3) is 6.26. The van der Waals surface area contributed by atoms with Gasteiger partial charge >= 0.3 is 0 Å². The Kier molecular flexibility index (Phi) is 7.06. The highest BCUT2D eigenvalue weighted by molar-refractivity contribution is 5.30. The number of benzene rings is 3. The normalized spacial score (nSPS) is 11.9. The van der Waals surface area contributed by atoms with Crippen LogP contribution in [0, 0.1) is 6.92 Å². The first kappa shape index (κ1) is 19.2. The fourth-order valence-corrected chi connectivity index (χ4v) is 3.10. The van der Waals surface area contributed by atoms with E-state index in [9.17, 15) is 0 Å². The quantitative estimate of drug-likeness (QED) is 0.530. The Hall–Kier alpha value is -2.58. The lowest BCUT2D eigenvalue weighted by atomic mass is 10.1. The van der Waals surface area contributed by atoms with Crippen molar-refractivity contribution in [1.82, 2.24) is 5.32 Å². The molecule has 140 valence electrons. The molecular formula is C25H29NO. The standard InChI is InChI=1S/C25H29NO/c1-20-9-6-7-13-24(20)19-27-25-14-8-12-23(17-25)18-26-21(2)15-16-22-10-4-3-5-11-22/h3-14,17,21,26H,15-16,18-19H2,1-2H3. The van der Waals surface area contributed by atoms with Crippen LogP contribution in [0.2, 0.25) is 0 Å². The zero-order valence-corrected chi connectivity index (χ0v) is 16.3.